The summed E-state index contributed by atoms with van der Waals surface area (Å²) in [6.45, 7) is 3.12. The predicted molar refractivity (Wildman–Crippen MR) is 70.9 cm³/mol. The molecule has 0 bridgehead atoms. The molecule has 1 rings (SSSR count). The Morgan fingerprint density at radius 2 is 2.00 bits per heavy atom. The fraction of sp³-hybridized carbons (Fsp3) is 0.429. The van der Waals surface area contributed by atoms with Gasteiger partial charge in [0.25, 0.3) is 0 Å². The van der Waals surface area contributed by atoms with Gasteiger partial charge in [-0.15, -0.1) is 0 Å². The quantitative estimate of drug-likeness (QED) is 0.700. The summed E-state index contributed by atoms with van der Waals surface area (Å²) in [5.41, 5.74) is 2.42. The molecule has 94 valence electrons. The summed E-state index contributed by atoms with van der Waals surface area (Å²) in [4.78, 5) is 0. The van der Waals surface area contributed by atoms with E-state index in [1.165, 1.54) is 11.1 Å². The minimum atomic E-state index is 0.650. The maximum absolute atomic E-state index is 5.16. The van der Waals surface area contributed by atoms with Gasteiger partial charge in [-0.25, -0.2) is 0 Å². The van der Waals surface area contributed by atoms with Crippen molar-refractivity contribution < 1.29 is 9.47 Å². The van der Waals surface area contributed by atoms with Gasteiger partial charge in [-0.05, 0) is 11.1 Å². The Morgan fingerprint density at radius 1 is 1.18 bits per heavy atom. The number of nitrogens with one attached hydrogen (secondary N) is 1. The lowest BCUT2D eigenvalue weighted by Gasteiger charge is -2.04. The van der Waals surface area contributed by atoms with Crippen molar-refractivity contribution in [2.45, 2.75) is 6.61 Å². The second kappa shape index (κ2) is 8.93. The number of methoxy groups -OCH3 is 2. The lowest BCUT2D eigenvalue weighted by Crippen LogP contribution is -2.18. The van der Waals surface area contributed by atoms with Crippen molar-refractivity contribution in [1.29, 1.82) is 0 Å². The Balaban J connectivity index is 2.41. The third-order valence-corrected chi connectivity index (χ3v) is 2.40. The highest BCUT2D eigenvalue weighted by atomic mass is 16.5. The zero-order chi connectivity index (χ0) is 12.3. The van der Waals surface area contributed by atoms with Gasteiger partial charge in [0.05, 0.1) is 13.2 Å². The van der Waals surface area contributed by atoms with Crippen LogP contribution >= 0.6 is 0 Å². The highest BCUT2D eigenvalue weighted by Gasteiger charge is 1.96. The van der Waals surface area contributed by atoms with E-state index in [4.69, 9.17) is 9.47 Å². The highest BCUT2D eigenvalue weighted by Crippen LogP contribution is 2.11. The number of benzene rings is 1. The highest BCUT2D eigenvalue weighted by molar-refractivity contribution is 5.53. The van der Waals surface area contributed by atoms with Crippen LogP contribution in [0, 0.1) is 0 Å². The van der Waals surface area contributed by atoms with Gasteiger partial charge in [0, 0.05) is 27.3 Å². The molecule has 0 aromatic heterocycles. The maximum atomic E-state index is 5.16. The predicted octanol–water partition coefficient (Wildman–Crippen LogP) is 2.08. The van der Waals surface area contributed by atoms with Crippen molar-refractivity contribution in [3.05, 3.63) is 41.5 Å². The van der Waals surface area contributed by atoms with Crippen molar-refractivity contribution in [2.75, 3.05) is 33.9 Å². The van der Waals surface area contributed by atoms with Crippen LogP contribution < -0.4 is 5.32 Å². The van der Waals surface area contributed by atoms with Crippen LogP contribution in [0.15, 0.2) is 30.3 Å². The lowest BCUT2D eigenvalue weighted by molar-refractivity contribution is 0.184. The number of hydrogen-bond donors (Lipinski definition) is 1. The van der Waals surface area contributed by atoms with E-state index in [1.807, 2.05) is 12.1 Å². The van der Waals surface area contributed by atoms with Gasteiger partial charge in [-0.1, -0.05) is 36.4 Å². The molecule has 1 aromatic rings. The molecular formula is C14H21NO2. The van der Waals surface area contributed by atoms with Crippen LogP contribution in [-0.4, -0.2) is 33.9 Å². The summed E-state index contributed by atoms with van der Waals surface area (Å²) in [7, 11) is 3.42. The number of rotatable bonds is 8. The Bertz CT molecular complexity index is 337. The molecule has 0 amide bonds. The van der Waals surface area contributed by atoms with Crippen molar-refractivity contribution in [2.24, 2.45) is 0 Å². The molecule has 0 spiro atoms. The van der Waals surface area contributed by atoms with E-state index in [2.05, 4.69) is 29.6 Å². The molecule has 1 N–H and O–H groups in total. The average Bonchev–Trinajstić information content (AvgIpc) is 2.36. The molecule has 3 heteroatoms. The van der Waals surface area contributed by atoms with Gasteiger partial charge in [0.2, 0.25) is 0 Å². The first kappa shape index (κ1) is 13.9. The first-order valence-corrected chi connectivity index (χ1v) is 5.81. The van der Waals surface area contributed by atoms with Gasteiger partial charge in [-0.3, -0.25) is 0 Å². The lowest BCUT2D eigenvalue weighted by atomic mass is 10.1. The van der Waals surface area contributed by atoms with Gasteiger partial charge in [0.15, 0.2) is 0 Å². The van der Waals surface area contributed by atoms with Crippen molar-refractivity contribution in [3.63, 3.8) is 0 Å². The molecule has 0 radical (unpaired) electrons. The first-order chi connectivity index (χ1) is 8.38. The summed E-state index contributed by atoms with van der Waals surface area (Å²) >= 11 is 0. The van der Waals surface area contributed by atoms with Gasteiger partial charge < -0.3 is 14.8 Å². The molecular weight excluding hydrogens is 214 g/mol. The van der Waals surface area contributed by atoms with Gasteiger partial charge >= 0.3 is 0 Å². The standard InChI is InChI=1S/C14H21NO2/c1-16-11-10-15-9-5-8-13-6-3-4-7-14(13)12-17-2/h3-8,15H,9-12H2,1-2H3. The molecule has 1 aromatic carbocycles. The topological polar surface area (TPSA) is 30.5 Å². The van der Waals surface area contributed by atoms with E-state index in [9.17, 15) is 0 Å². The summed E-state index contributed by atoms with van der Waals surface area (Å²) in [5, 5.41) is 3.26. The molecule has 0 atom stereocenters. The zero-order valence-electron chi connectivity index (χ0n) is 10.6. The Labute approximate surface area is 103 Å². The van der Waals surface area contributed by atoms with Crippen LogP contribution in [0.4, 0.5) is 0 Å². The average molecular weight is 235 g/mol. The van der Waals surface area contributed by atoms with Crippen LogP contribution in [-0.2, 0) is 16.1 Å². The van der Waals surface area contributed by atoms with Crippen molar-refractivity contribution in [1.82, 2.24) is 5.32 Å². The molecule has 3 nitrogen and oxygen atoms in total. The number of ether oxygens (including phenoxy) is 2. The Kier molecular flexibility index (Phi) is 7.30. The fourth-order valence-corrected chi connectivity index (χ4v) is 1.53. The zero-order valence-corrected chi connectivity index (χ0v) is 10.6. The van der Waals surface area contributed by atoms with E-state index < -0.39 is 0 Å². The monoisotopic (exact) mass is 235 g/mol. The molecule has 0 unspecified atom stereocenters. The van der Waals surface area contributed by atoms with Gasteiger partial charge in [0.1, 0.15) is 0 Å². The molecule has 0 aliphatic carbocycles. The van der Waals surface area contributed by atoms with Crippen LogP contribution in [0.1, 0.15) is 11.1 Å². The first-order valence-electron chi connectivity index (χ1n) is 5.81. The van der Waals surface area contributed by atoms with Crippen molar-refractivity contribution >= 4 is 6.08 Å². The minimum absolute atomic E-state index is 0.650. The van der Waals surface area contributed by atoms with E-state index in [1.54, 1.807) is 14.2 Å². The molecule has 0 aliphatic rings. The number of hydrogen-bond acceptors (Lipinski definition) is 3. The fourth-order valence-electron chi connectivity index (χ4n) is 1.53. The van der Waals surface area contributed by atoms with Crippen molar-refractivity contribution in [3.8, 4) is 0 Å². The molecule has 0 heterocycles. The summed E-state index contributed by atoms with van der Waals surface area (Å²) in [6.07, 6.45) is 4.23. The second-order valence-corrected chi connectivity index (χ2v) is 3.73. The molecule has 0 saturated heterocycles. The van der Waals surface area contributed by atoms with Crippen LogP contribution in [0.25, 0.3) is 6.08 Å². The summed E-state index contributed by atoms with van der Waals surface area (Å²) < 4.78 is 10.1. The molecule has 17 heavy (non-hydrogen) atoms. The van der Waals surface area contributed by atoms with E-state index >= 15 is 0 Å². The molecule has 0 saturated carbocycles. The van der Waals surface area contributed by atoms with Crippen LogP contribution in [0.5, 0.6) is 0 Å². The normalized spacial score (nSPS) is 11.2. The van der Waals surface area contributed by atoms with Crippen LogP contribution in [0.2, 0.25) is 0 Å². The summed E-state index contributed by atoms with van der Waals surface area (Å²) in [6, 6.07) is 8.25. The molecule has 0 aliphatic heterocycles. The minimum Gasteiger partial charge on any atom is -0.383 e. The Morgan fingerprint density at radius 3 is 2.76 bits per heavy atom. The smallest absolute Gasteiger partial charge is 0.0718 e. The van der Waals surface area contributed by atoms with Crippen LogP contribution in [0.3, 0.4) is 0 Å². The third-order valence-electron chi connectivity index (χ3n) is 2.40. The van der Waals surface area contributed by atoms with E-state index in [0.29, 0.717) is 6.61 Å². The van der Waals surface area contributed by atoms with E-state index in [-0.39, 0.29) is 0 Å². The second-order valence-electron chi connectivity index (χ2n) is 3.73. The Hall–Kier alpha value is -1.16. The maximum Gasteiger partial charge on any atom is 0.0718 e. The SMILES string of the molecule is COCCNCC=Cc1ccccc1COC. The molecule has 0 fully saturated rings. The summed E-state index contributed by atoms with van der Waals surface area (Å²) in [5.74, 6) is 0. The van der Waals surface area contributed by atoms with E-state index in [0.717, 1.165) is 19.7 Å². The largest absolute Gasteiger partial charge is 0.383 e. The van der Waals surface area contributed by atoms with Gasteiger partial charge in [-0.2, -0.15) is 0 Å². The third kappa shape index (κ3) is 5.63.